The van der Waals surface area contributed by atoms with E-state index in [0.29, 0.717) is 0 Å². The van der Waals surface area contributed by atoms with Crippen LogP contribution in [0.25, 0.3) is 21.5 Å². The van der Waals surface area contributed by atoms with Crippen molar-refractivity contribution in [2.75, 3.05) is 6.61 Å². The first-order valence-electron chi connectivity index (χ1n) is 7.83. The van der Waals surface area contributed by atoms with Crippen LogP contribution >= 0.6 is 0 Å². The van der Waals surface area contributed by atoms with Gasteiger partial charge < -0.3 is 4.74 Å². The van der Waals surface area contributed by atoms with Crippen molar-refractivity contribution < 1.29 is 4.74 Å². The van der Waals surface area contributed by atoms with Crippen molar-refractivity contribution in [3.63, 3.8) is 0 Å². The average Bonchev–Trinajstić information content (AvgIpc) is 2.52. The number of fused-ring (bicyclic) bond motifs is 2. The normalized spacial score (nSPS) is 12.9. The number of rotatable bonds is 5. The molecule has 3 rings (SSSR count). The van der Waals surface area contributed by atoms with Gasteiger partial charge in [-0.15, -0.1) is 0 Å². The van der Waals surface area contributed by atoms with Crippen LogP contribution in [0, 0.1) is 0 Å². The van der Waals surface area contributed by atoms with E-state index in [2.05, 4.69) is 68.4 Å². The molecule has 0 unspecified atom stereocenters. The zero-order valence-corrected chi connectivity index (χ0v) is 12.8. The Hall–Kier alpha value is -1.86. The van der Waals surface area contributed by atoms with Gasteiger partial charge in [-0.1, -0.05) is 61.9 Å². The standard InChI is InChI=1S/C20H22O/c1-3-4-13-21-15(2)20-18-11-7-5-9-16(18)14-17-10-6-8-12-19(17)20/h5-12,14-15H,3-4,13H2,1-2H3/t15-/m0/s1. The number of benzene rings is 3. The molecule has 0 radical (unpaired) electrons. The van der Waals surface area contributed by atoms with E-state index in [1.54, 1.807) is 0 Å². The molecule has 0 aromatic heterocycles. The lowest BCUT2D eigenvalue weighted by molar-refractivity contribution is 0.0655. The van der Waals surface area contributed by atoms with Crippen LogP contribution in [0.3, 0.4) is 0 Å². The zero-order chi connectivity index (χ0) is 14.7. The Balaban J connectivity index is 2.15. The fourth-order valence-electron chi connectivity index (χ4n) is 2.97. The van der Waals surface area contributed by atoms with Gasteiger partial charge in [-0.2, -0.15) is 0 Å². The summed E-state index contributed by atoms with van der Waals surface area (Å²) in [5.41, 5.74) is 1.32. The van der Waals surface area contributed by atoms with Crippen molar-refractivity contribution in [3.8, 4) is 0 Å². The van der Waals surface area contributed by atoms with Crippen molar-refractivity contribution in [1.29, 1.82) is 0 Å². The Morgan fingerprint density at radius 3 is 2.05 bits per heavy atom. The van der Waals surface area contributed by atoms with Crippen LogP contribution in [0.15, 0.2) is 54.6 Å². The highest BCUT2D eigenvalue weighted by molar-refractivity contribution is 6.02. The molecule has 21 heavy (non-hydrogen) atoms. The molecular formula is C20H22O. The molecule has 0 aliphatic carbocycles. The van der Waals surface area contributed by atoms with Gasteiger partial charge in [0.2, 0.25) is 0 Å². The quantitative estimate of drug-likeness (QED) is 0.419. The summed E-state index contributed by atoms with van der Waals surface area (Å²) in [7, 11) is 0. The van der Waals surface area contributed by atoms with E-state index in [-0.39, 0.29) is 6.10 Å². The molecule has 1 heteroatoms. The van der Waals surface area contributed by atoms with Gasteiger partial charge in [0, 0.05) is 6.61 Å². The van der Waals surface area contributed by atoms with Crippen molar-refractivity contribution in [2.24, 2.45) is 0 Å². The number of hydrogen-bond acceptors (Lipinski definition) is 1. The van der Waals surface area contributed by atoms with Crippen LogP contribution < -0.4 is 0 Å². The molecule has 0 fully saturated rings. The molecule has 0 aliphatic heterocycles. The first kappa shape index (κ1) is 14.1. The highest BCUT2D eigenvalue weighted by atomic mass is 16.5. The van der Waals surface area contributed by atoms with Gasteiger partial charge in [0.1, 0.15) is 0 Å². The van der Waals surface area contributed by atoms with E-state index in [1.807, 2.05) is 0 Å². The molecule has 0 aliphatic rings. The minimum atomic E-state index is 0.118. The lowest BCUT2D eigenvalue weighted by Crippen LogP contribution is -2.03. The zero-order valence-electron chi connectivity index (χ0n) is 12.8. The summed E-state index contributed by atoms with van der Waals surface area (Å²) in [5, 5.41) is 5.19. The number of unbranched alkanes of at least 4 members (excludes halogenated alkanes) is 1. The summed E-state index contributed by atoms with van der Waals surface area (Å²) < 4.78 is 6.08. The van der Waals surface area contributed by atoms with Crippen molar-refractivity contribution >= 4 is 21.5 Å². The minimum Gasteiger partial charge on any atom is -0.374 e. The Bertz CT molecular complexity index is 691. The van der Waals surface area contributed by atoms with E-state index < -0.39 is 0 Å². The molecule has 0 amide bonds. The Labute approximate surface area is 126 Å². The van der Waals surface area contributed by atoms with Crippen LogP contribution in [0.4, 0.5) is 0 Å². The number of hydrogen-bond donors (Lipinski definition) is 0. The summed E-state index contributed by atoms with van der Waals surface area (Å²) in [4.78, 5) is 0. The van der Waals surface area contributed by atoms with Crippen molar-refractivity contribution in [3.05, 3.63) is 60.2 Å². The molecule has 0 bridgehead atoms. The first-order chi connectivity index (χ1) is 10.3. The minimum absolute atomic E-state index is 0.118. The van der Waals surface area contributed by atoms with Gasteiger partial charge in [0.25, 0.3) is 0 Å². The highest BCUT2D eigenvalue weighted by Gasteiger charge is 2.14. The third-order valence-corrected chi connectivity index (χ3v) is 4.09. The van der Waals surface area contributed by atoms with Crippen molar-refractivity contribution in [2.45, 2.75) is 32.8 Å². The first-order valence-corrected chi connectivity index (χ1v) is 7.83. The average molecular weight is 278 g/mol. The third-order valence-electron chi connectivity index (χ3n) is 4.09. The predicted molar refractivity (Wildman–Crippen MR) is 90.7 cm³/mol. The van der Waals surface area contributed by atoms with Crippen LogP contribution in [0.2, 0.25) is 0 Å². The van der Waals surface area contributed by atoms with Crippen LogP contribution in [-0.4, -0.2) is 6.61 Å². The molecule has 0 N–H and O–H groups in total. The van der Waals surface area contributed by atoms with Gasteiger partial charge >= 0.3 is 0 Å². The van der Waals surface area contributed by atoms with Gasteiger partial charge in [-0.25, -0.2) is 0 Å². The van der Waals surface area contributed by atoms with E-state index in [0.717, 1.165) is 13.0 Å². The molecule has 0 heterocycles. The van der Waals surface area contributed by atoms with Crippen LogP contribution in [0.5, 0.6) is 0 Å². The molecule has 0 saturated heterocycles. The smallest absolute Gasteiger partial charge is 0.0808 e. The second-order valence-corrected chi connectivity index (χ2v) is 5.60. The highest BCUT2D eigenvalue weighted by Crippen LogP contribution is 2.34. The molecule has 1 nitrogen and oxygen atoms in total. The molecule has 108 valence electrons. The second-order valence-electron chi connectivity index (χ2n) is 5.60. The summed E-state index contributed by atoms with van der Waals surface area (Å²) in [5.74, 6) is 0. The Morgan fingerprint density at radius 1 is 0.905 bits per heavy atom. The summed E-state index contributed by atoms with van der Waals surface area (Å²) in [6, 6.07) is 19.5. The lowest BCUT2D eigenvalue weighted by atomic mass is 9.94. The molecule has 3 aromatic rings. The van der Waals surface area contributed by atoms with Gasteiger partial charge in [-0.3, -0.25) is 0 Å². The largest absolute Gasteiger partial charge is 0.374 e. The third kappa shape index (κ3) is 2.79. The SMILES string of the molecule is CCCCO[C@@H](C)c1c2ccccc2cc2ccccc12. The van der Waals surface area contributed by atoms with Gasteiger partial charge in [0.05, 0.1) is 6.10 Å². The van der Waals surface area contributed by atoms with E-state index in [4.69, 9.17) is 4.74 Å². The second kappa shape index (κ2) is 6.28. The van der Waals surface area contributed by atoms with Gasteiger partial charge in [0.15, 0.2) is 0 Å². The topological polar surface area (TPSA) is 9.23 Å². The van der Waals surface area contributed by atoms with E-state index in [9.17, 15) is 0 Å². The molecule has 0 spiro atoms. The van der Waals surface area contributed by atoms with Crippen molar-refractivity contribution in [1.82, 2.24) is 0 Å². The van der Waals surface area contributed by atoms with E-state index >= 15 is 0 Å². The van der Waals surface area contributed by atoms with Crippen LogP contribution in [-0.2, 0) is 4.74 Å². The molecule has 0 saturated carbocycles. The summed E-state index contributed by atoms with van der Waals surface area (Å²) in [6.45, 7) is 5.19. The Morgan fingerprint density at radius 2 is 1.48 bits per heavy atom. The summed E-state index contributed by atoms with van der Waals surface area (Å²) >= 11 is 0. The monoisotopic (exact) mass is 278 g/mol. The predicted octanol–water partition coefficient (Wildman–Crippen LogP) is 5.87. The Kier molecular flexibility index (Phi) is 4.21. The number of ether oxygens (including phenoxy) is 1. The lowest BCUT2D eigenvalue weighted by Gasteiger charge is -2.18. The molecule has 1 atom stereocenters. The maximum atomic E-state index is 6.08. The maximum Gasteiger partial charge on any atom is 0.0808 e. The molecule has 3 aromatic carbocycles. The summed E-state index contributed by atoms with van der Waals surface area (Å²) in [6.07, 6.45) is 2.41. The fourth-order valence-corrected chi connectivity index (χ4v) is 2.97. The van der Waals surface area contributed by atoms with E-state index in [1.165, 1.54) is 33.5 Å². The van der Waals surface area contributed by atoms with Gasteiger partial charge in [-0.05, 0) is 46.5 Å². The van der Waals surface area contributed by atoms with Crippen LogP contribution in [0.1, 0.15) is 38.4 Å². The fraction of sp³-hybridized carbons (Fsp3) is 0.300. The maximum absolute atomic E-state index is 6.08. The molecular weight excluding hydrogens is 256 g/mol.